The van der Waals surface area contributed by atoms with E-state index in [4.69, 9.17) is 5.73 Å². The van der Waals surface area contributed by atoms with Gasteiger partial charge in [-0.25, -0.2) is 0 Å². The van der Waals surface area contributed by atoms with Gasteiger partial charge in [0.2, 0.25) is 0 Å². The molecule has 0 aromatic rings. The van der Waals surface area contributed by atoms with Gasteiger partial charge in [0.05, 0.1) is 7.11 Å². The maximum atomic E-state index is 10.7. The molecule has 0 rings (SSSR count). The molecular formula is C8H13NO2. The van der Waals surface area contributed by atoms with Gasteiger partial charge in [-0.2, -0.15) is 0 Å². The van der Waals surface area contributed by atoms with Crippen LogP contribution in [-0.2, 0) is 9.53 Å². The maximum absolute atomic E-state index is 10.7. The average molecular weight is 155 g/mol. The highest BCUT2D eigenvalue weighted by atomic mass is 16.5. The molecule has 0 aromatic carbocycles. The second-order valence-electron chi connectivity index (χ2n) is 2.20. The molecule has 2 N–H and O–H groups in total. The summed E-state index contributed by atoms with van der Waals surface area (Å²) in [6.07, 6.45) is 1.97. The molecule has 0 fully saturated rings. The van der Waals surface area contributed by atoms with Gasteiger partial charge < -0.3 is 10.5 Å². The van der Waals surface area contributed by atoms with Crippen molar-refractivity contribution in [3.05, 3.63) is 24.8 Å². The number of carbonyl (C=O) groups is 1. The molecule has 0 aliphatic rings. The molecule has 0 saturated heterocycles. The first-order valence-corrected chi connectivity index (χ1v) is 3.25. The fourth-order valence-electron chi connectivity index (χ4n) is 0.601. The van der Waals surface area contributed by atoms with Crippen LogP contribution in [0.3, 0.4) is 0 Å². The average Bonchev–Trinajstić information content (AvgIpc) is 2.02. The third-order valence-electron chi connectivity index (χ3n) is 1.27. The molecule has 3 nitrogen and oxygen atoms in total. The van der Waals surface area contributed by atoms with Gasteiger partial charge in [-0.3, -0.25) is 4.79 Å². The first kappa shape index (κ1) is 9.91. The van der Waals surface area contributed by atoms with Gasteiger partial charge in [0.15, 0.2) is 0 Å². The van der Waals surface area contributed by atoms with E-state index in [-0.39, 0.29) is 0 Å². The molecule has 62 valence electrons. The topological polar surface area (TPSA) is 52.3 Å². The van der Waals surface area contributed by atoms with Crippen molar-refractivity contribution in [2.45, 2.75) is 12.5 Å². The zero-order valence-electron chi connectivity index (χ0n) is 6.67. The summed E-state index contributed by atoms with van der Waals surface area (Å²) in [4.78, 5) is 10.7. The molecule has 0 radical (unpaired) electrons. The summed E-state index contributed by atoms with van der Waals surface area (Å²) in [5.41, 5.74) is 6.16. The summed E-state index contributed by atoms with van der Waals surface area (Å²) in [6, 6.07) is -0.620. The van der Waals surface area contributed by atoms with Gasteiger partial charge in [-0.05, 0) is 6.42 Å². The van der Waals surface area contributed by atoms with Crippen LogP contribution in [-0.4, -0.2) is 19.1 Å². The molecule has 0 spiro atoms. The number of ether oxygens (including phenoxy) is 1. The number of methoxy groups -OCH3 is 1. The Kier molecular flexibility index (Phi) is 4.22. The van der Waals surface area contributed by atoms with E-state index in [2.05, 4.69) is 17.9 Å². The summed E-state index contributed by atoms with van der Waals surface area (Å²) in [5.74, 6) is -0.423. The van der Waals surface area contributed by atoms with Crippen LogP contribution in [0, 0.1) is 0 Å². The summed E-state index contributed by atoms with van der Waals surface area (Å²) in [7, 11) is 1.30. The van der Waals surface area contributed by atoms with E-state index in [9.17, 15) is 4.79 Å². The lowest BCUT2D eigenvalue weighted by Crippen LogP contribution is -2.31. The van der Waals surface area contributed by atoms with E-state index in [0.717, 1.165) is 5.57 Å². The molecule has 0 aromatic heterocycles. The lowest BCUT2D eigenvalue weighted by molar-refractivity contribution is -0.142. The minimum absolute atomic E-state index is 0.399. The van der Waals surface area contributed by atoms with Crippen LogP contribution < -0.4 is 5.73 Å². The molecular weight excluding hydrogens is 142 g/mol. The molecule has 0 heterocycles. The van der Waals surface area contributed by atoms with Gasteiger partial charge in [0.1, 0.15) is 6.04 Å². The number of nitrogens with two attached hydrogens (primary N) is 1. The number of esters is 1. The Bertz CT molecular complexity index is 175. The van der Waals surface area contributed by atoms with Crippen molar-refractivity contribution >= 4 is 5.97 Å². The normalized spacial score (nSPS) is 11.8. The van der Waals surface area contributed by atoms with Crippen LogP contribution in [0.1, 0.15) is 6.42 Å². The fraction of sp³-hybridized carbons (Fsp3) is 0.375. The second-order valence-corrected chi connectivity index (χ2v) is 2.20. The predicted octanol–water partition coefficient (Wildman–Crippen LogP) is 0.619. The predicted molar refractivity (Wildman–Crippen MR) is 43.9 cm³/mol. The van der Waals surface area contributed by atoms with Gasteiger partial charge in [-0.15, -0.1) is 0 Å². The number of rotatable bonds is 4. The van der Waals surface area contributed by atoms with Crippen molar-refractivity contribution in [1.29, 1.82) is 0 Å². The van der Waals surface area contributed by atoms with Crippen molar-refractivity contribution < 1.29 is 9.53 Å². The van der Waals surface area contributed by atoms with Crippen LogP contribution in [0.2, 0.25) is 0 Å². The molecule has 11 heavy (non-hydrogen) atoms. The van der Waals surface area contributed by atoms with Crippen molar-refractivity contribution in [2.24, 2.45) is 5.73 Å². The van der Waals surface area contributed by atoms with Crippen LogP contribution >= 0.6 is 0 Å². The van der Waals surface area contributed by atoms with Crippen LogP contribution in [0.15, 0.2) is 24.8 Å². The highest BCUT2D eigenvalue weighted by molar-refractivity contribution is 5.75. The van der Waals surface area contributed by atoms with E-state index in [1.807, 2.05) is 0 Å². The Morgan fingerprint density at radius 1 is 1.82 bits per heavy atom. The van der Waals surface area contributed by atoms with Gasteiger partial charge in [0.25, 0.3) is 0 Å². The van der Waals surface area contributed by atoms with Gasteiger partial charge in [0, 0.05) is 0 Å². The standard InChI is InChI=1S/C8H13NO2/c1-4-6(2)5-7(9)8(10)11-3/h4,7H,1-2,5,9H2,3H3. The molecule has 1 atom stereocenters. The first-order valence-electron chi connectivity index (χ1n) is 3.25. The number of hydrogen-bond acceptors (Lipinski definition) is 3. The Morgan fingerprint density at radius 2 is 2.36 bits per heavy atom. The van der Waals surface area contributed by atoms with Crippen molar-refractivity contribution in [3.63, 3.8) is 0 Å². The molecule has 0 saturated carbocycles. The number of hydrogen-bond donors (Lipinski definition) is 1. The third kappa shape index (κ3) is 3.57. The van der Waals surface area contributed by atoms with Crippen molar-refractivity contribution in [1.82, 2.24) is 0 Å². The van der Waals surface area contributed by atoms with Crippen molar-refractivity contribution in [3.8, 4) is 0 Å². The third-order valence-corrected chi connectivity index (χ3v) is 1.27. The van der Waals surface area contributed by atoms with E-state index in [1.165, 1.54) is 7.11 Å². The zero-order valence-corrected chi connectivity index (χ0v) is 6.67. The zero-order chi connectivity index (χ0) is 8.85. The SMILES string of the molecule is C=CC(=C)CC(N)C(=O)OC. The smallest absolute Gasteiger partial charge is 0.322 e. The van der Waals surface area contributed by atoms with E-state index >= 15 is 0 Å². The second kappa shape index (κ2) is 4.68. The van der Waals surface area contributed by atoms with E-state index in [0.29, 0.717) is 6.42 Å². The molecule has 0 aliphatic carbocycles. The Hall–Kier alpha value is -1.09. The Labute approximate surface area is 66.5 Å². The lowest BCUT2D eigenvalue weighted by atomic mass is 10.1. The highest BCUT2D eigenvalue weighted by Gasteiger charge is 2.12. The lowest BCUT2D eigenvalue weighted by Gasteiger charge is -2.07. The van der Waals surface area contributed by atoms with E-state index < -0.39 is 12.0 Å². The van der Waals surface area contributed by atoms with Crippen LogP contribution in [0.5, 0.6) is 0 Å². The largest absolute Gasteiger partial charge is 0.468 e. The Balaban J connectivity index is 3.86. The van der Waals surface area contributed by atoms with E-state index in [1.54, 1.807) is 6.08 Å². The molecule has 3 heteroatoms. The molecule has 0 aliphatic heterocycles. The monoisotopic (exact) mass is 155 g/mol. The van der Waals surface area contributed by atoms with Crippen LogP contribution in [0.4, 0.5) is 0 Å². The summed E-state index contributed by atoms with van der Waals surface area (Å²) in [5, 5.41) is 0. The molecule has 0 bridgehead atoms. The number of allylic oxidation sites excluding steroid dienone is 1. The Morgan fingerprint density at radius 3 is 2.73 bits per heavy atom. The van der Waals surface area contributed by atoms with Crippen molar-refractivity contribution in [2.75, 3.05) is 7.11 Å². The number of carbonyl (C=O) groups excluding carboxylic acids is 1. The molecule has 0 amide bonds. The van der Waals surface area contributed by atoms with Gasteiger partial charge >= 0.3 is 5.97 Å². The highest BCUT2D eigenvalue weighted by Crippen LogP contribution is 2.02. The quantitative estimate of drug-likeness (QED) is 0.478. The maximum Gasteiger partial charge on any atom is 0.322 e. The fourth-order valence-corrected chi connectivity index (χ4v) is 0.601. The summed E-state index contributed by atoms with van der Waals surface area (Å²) in [6.45, 7) is 7.12. The minimum Gasteiger partial charge on any atom is -0.468 e. The summed E-state index contributed by atoms with van der Waals surface area (Å²) >= 11 is 0. The van der Waals surface area contributed by atoms with Crippen LogP contribution in [0.25, 0.3) is 0 Å². The van der Waals surface area contributed by atoms with Gasteiger partial charge in [-0.1, -0.05) is 24.8 Å². The minimum atomic E-state index is -0.620. The first-order chi connectivity index (χ1) is 5.11. The molecule has 1 unspecified atom stereocenters. The summed E-state index contributed by atoms with van der Waals surface area (Å²) < 4.78 is 4.42.